The number of carbonyl (C=O) groups is 1. The number of rotatable bonds is 4. The molecule has 0 atom stereocenters. The van der Waals surface area contributed by atoms with E-state index in [1.807, 2.05) is 26.8 Å². The van der Waals surface area contributed by atoms with Gasteiger partial charge in [0.05, 0.1) is 11.0 Å². The van der Waals surface area contributed by atoms with Crippen molar-refractivity contribution in [3.8, 4) is 0 Å². The number of aryl methyl sites for hydroxylation is 1. The van der Waals surface area contributed by atoms with Gasteiger partial charge in [-0.3, -0.25) is 9.78 Å². The van der Waals surface area contributed by atoms with Crippen LogP contribution >= 0.6 is 0 Å². The van der Waals surface area contributed by atoms with E-state index >= 15 is 0 Å². The van der Waals surface area contributed by atoms with Gasteiger partial charge in [0.1, 0.15) is 5.60 Å². The number of carbonyl (C=O) groups excluding carboxylic acids is 1. The van der Waals surface area contributed by atoms with Crippen LogP contribution in [0.4, 0.5) is 4.79 Å². The quantitative estimate of drug-likeness (QED) is 0.874. The first-order valence-electron chi connectivity index (χ1n) is 9.88. The molecule has 1 aliphatic rings. The number of ether oxygens (including phenoxy) is 1. The number of alkyl carbamates (subject to hydrolysis) is 1. The van der Waals surface area contributed by atoms with Gasteiger partial charge >= 0.3 is 6.09 Å². The lowest BCUT2D eigenvalue weighted by molar-refractivity contribution is 0.0479. The maximum absolute atomic E-state index is 12.0. The predicted molar refractivity (Wildman–Crippen MR) is 110 cm³/mol. The van der Waals surface area contributed by atoms with Crippen LogP contribution in [-0.2, 0) is 18.2 Å². The summed E-state index contributed by atoms with van der Waals surface area (Å²) in [5, 5.41) is 2.97. The number of hydrogen-bond donors (Lipinski definition) is 1. The van der Waals surface area contributed by atoms with Crippen LogP contribution in [-0.4, -0.2) is 51.8 Å². The highest BCUT2D eigenvalue weighted by atomic mass is 16.6. The average molecular weight is 386 g/mol. The lowest BCUT2D eigenvalue weighted by atomic mass is 10.0. The fraction of sp³-hybridized carbons (Fsp3) is 0.571. The minimum atomic E-state index is -0.474. The second-order valence-corrected chi connectivity index (χ2v) is 8.45. The molecule has 1 N–H and O–H groups in total. The smallest absolute Gasteiger partial charge is 0.407 e. The molecule has 152 valence electrons. The van der Waals surface area contributed by atoms with Crippen LogP contribution in [0.3, 0.4) is 0 Å². The minimum absolute atomic E-state index is 0.0178. The molecule has 1 fully saturated rings. The molecule has 1 aliphatic heterocycles. The second kappa shape index (κ2) is 8.31. The van der Waals surface area contributed by atoms with Crippen LogP contribution in [0.2, 0.25) is 0 Å². The predicted octanol–water partition coefficient (Wildman–Crippen LogP) is 2.47. The third-order valence-electron chi connectivity index (χ3n) is 5.09. The van der Waals surface area contributed by atoms with E-state index in [1.165, 1.54) is 0 Å². The average Bonchev–Trinajstić information content (AvgIpc) is 2.62. The van der Waals surface area contributed by atoms with E-state index < -0.39 is 5.60 Å². The maximum Gasteiger partial charge on any atom is 0.407 e. The summed E-state index contributed by atoms with van der Waals surface area (Å²) >= 11 is 0. The molecule has 3 heterocycles. The van der Waals surface area contributed by atoms with Crippen molar-refractivity contribution in [2.75, 3.05) is 19.6 Å². The third kappa shape index (κ3) is 5.10. The molecule has 7 nitrogen and oxygen atoms in total. The Bertz CT molecular complexity index is 893. The number of aromatic nitrogens is 2. The van der Waals surface area contributed by atoms with E-state index in [1.54, 1.807) is 29.9 Å². The molecular formula is C21H30N4O3. The van der Waals surface area contributed by atoms with Crippen molar-refractivity contribution in [1.82, 2.24) is 19.8 Å². The lowest BCUT2D eigenvalue weighted by Crippen LogP contribution is -2.46. The first-order chi connectivity index (χ1) is 13.2. The number of nitrogens with one attached hydrogen (secondary N) is 1. The van der Waals surface area contributed by atoms with Gasteiger partial charge in [-0.05, 0) is 57.7 Å². The van der Waals surface area contributed by atoms with Crippen LogP contribution in [0.5, 0.6) is 0 Å². The molecule has 7 heteroatoms. The Morgan fingerprint density at radius 3 is 2.64 bits per heavy atom. The summed E-state index contributed by atoms with van der Waals surface area (Å²) in [5.74, 6) is 0. The normalized spacial score (nSPS) is 16.3. The Labute approximate surface area is 165 Å². The molecule has 0 aromatic carbocycles. The zero-order valence-corrected chi connectivity index (χ0v) is 17.2. The Morgan fingerprint density at radius 2 is 1.96 bits per heavy atom. The zero-order chi connectivity index (χ0) is 20.3. The highest BCUT2D eigenvalue weighted by Crippen LogP contribution is 2.17. The molecule has 0 bridgehead atoms. The summed E-state index contributed by atoms with van der Waals surface area (Å²) in [5.41, 5.74) is 2.41. The number of piperidine rings is 1. The monoisotopic (exact) mass is 386 g/mol. The van der Waals surface area contributed by atoms with Crippen LogP contribution < -0.4 is 10.9 Å². The van der Waals surface area contributed by atoms with E-state index in [0.29, 0.717) is 0 Å². The van der Waals surface area contributed by atoms with Crippen LogP contribution in [0.15, 0.2) is 29.2 Å². The molecule has 0 saturated carbocycles. The molecule has 3 rings (SSSR count). The molecule has 1 saturated heterocycles. The number of amides is 1. The molecule has 0 spiro atoms. The summed E-state index contributed by atoms with van der Waals surface area (Å²) < 4.78 is 7.01. The summed E-state index contributed by atoms with van der Waals surface area (Å²) in [6.45, 7) is 8.39. The number of likely N-dealkylation sites (tertiary alicyclic amines) is 1. The molecule has 2 aromatic rings. The molecule has 1 amide bonds. The number of hydrogen-bond acceptors (Lipinski definition) is 5. The molecule has 0 radical (unpaired) electrons. The molecule has 2 aromatic heterocycles. The van der Waals surface area contributed by atoms with Gasteiger partial charge in [-0.2, -0.15) is 0 Å². The van der Waals surface area contributed by atoms with Crippen LogP contribution in [0, 0.1) is 0 Å². The maximum atomic E-state index is 12.0. The Kier molecular flexibility index (Phi) is 6.03. The fourth-order valence-electron chi connectivity index (χ4n) is 3.65. The van der Waals surface area contributed by atoms with Gasteiger partial charge in [-0.15, -0.1) is 0 Å². The molecule has 0 aliphatic carbocycles. The van der Waals surface area contributed by atoms with E-state index in [2.05, 4.69) is 15.2 Å². The first kappa shape index (κ1) is 20.3. The van der Waals surface area contributed by atoms with E-state index in [0.717, 1.165) is 55.5 Å². The van der Waals surface area contributed by atoms with Crippen molar-refractivity contribution in [1.29, 1.82) is 0 Å². The van der Waals surface area contributed by atoms with Crippen LogP contribution in [0.1, 0.15) is 39.2 Å². The van der Waals surface area contributed by atoms with E-state index in [-0.39, 0.29) is 17.7 Å². The fourth-order valence-corrected chi connectivity index (χ4v) is 3.65. The minimum Gasteiger partial charge on any atom is -0.444 e. The third-order valence-corrected chi connectivity index (χ3v) is 5.09. The molecule has 28 heavy (non-hydrogen) atoms. The number of pyridine rings is 2. The number of nitrogens with zero attached hydrogens (tertiary/aromatic N) is 3. The zero-order valence-electron chi connectivity index (χ0n) is 17.2. The van der Waals surface area contributed by atoms with Gasteiger partial charge in [0.15, 0.2) is 0 Å². The van der Waals surface area contributed by atoms with Gasteiger partial charge in [-0.25, -0.2) is 4.79 Å². The number of fused-ring (bicyclic) bond motifs is 1. The highest BCUT2D eigenvalue weighted by Gasteiger charge is 2.23. The largest absolute Gasteiger partial charge is 0.444 e. The van der Waals surface area contributed by atoms with Gasteiger partial charge in [0, 0.05) is 45.0 Å². The van der Waals surface area contributed by atoms with Crippen molar-refractivity contribution in [2.45, 2.75) is 51.7 Å². The Hall–Kier alpha value is -2.41. The van der Waals surface area contributed by atoms with Crippen molar-refractivity contribution >= 4 is 17.1 Å². The Balaban J connectivity index is 1.54. The lowest BCUT2D eigenvalue weighted by Gasteiger charge is -2.32. The molecule has 0 unspecified atom stereocenters. The van der Waals surface area contributed by atoms with Crippen molar-refractivity contribution in [3.05, 3.63) is 40.3 Å². The van der Waals surface area contributed by atoms with E-state index in [4.69, 9.17) is 4.74 Å². The Morgan fingerprint density at radius 1 is 1.25 bits per heavy atom. The van der Waals surface area contributed by atoms with Crippen molar-refractivity contribution in [2.24, 2.45) is 7.05 Å². The van der Waals surface area contributed by atoms with Crippen LogP contribution in [0.25, 0.3) is 11.0 Å². The standard InChI is InChI=1S/C21H30N4O3/c1-21(2,3)28-20(27)23-16-9-13-25(14-10-16)12-8-15-7-11-22-17-5-6-18(26)24(4)19(15)17/h5-7,11,16H,8-10,12-14H2,1-4H3,(H,23,27). The summed E-state index contributed by atoms with van der Waals surface area (Å²) in [7, 11) is 1.80. The first-order valence-corrected chi connectivity index (χ1v) is 9.88. The van der Waals surface area contributed by atoms with Gasteiger partial charge < -0.3 is 19.5 Å². The van der Waals surface area contributed by atoms with Crippen molar-refractivity contribution in [3.63, 3.8) is 0 Å². The van der Waals surface area contributed by atoms with E-state index in [9.17, 15) is 9.59 Å². The summed E-state index contributed by atoms with van der Waals surface area (Å²) in [6, 6.07) is 5.50. The molecular weight excluding hydrogens is 356 g/mol. The second-order valence-electron chi connectivity index (χ2n) is 8.45. The van der Waals surface area contributed by atoms with Crippen molar-refractivity contribution < 1.29 is 9.53 Å². The summed E-state index contributed by atoms with van der Waals surface area (Å²) in [4.78, 5) is 30.7. The topological polar surface area (TPSA) is 76.5 Å². The van der Waals surface area contributed by atoms with Gasteiger partial charge in [0.2, 0.25) is 0 Å². The highest BCUT2D eigenvalue weighted by molar-refractivity contribution is 5.78. The van der Waals surface area contributed by atoms with Gasteiger partial charge in [0.25, 0.3) is 5.56 Å². The summed E-state index contributed by atoms with van der Waals surface area (Å²) in [6.07, 6.45) is 4.15. The SMILES string of the molecule is Cn1c(=O)ccc2nccc(CCN3CCC(NC(=O)OC(C)(C)C)CC3)c21. The van der Waals surface area contributed by atoms with Gasteiger partial charge in [-0.1, -0.05) is 0 Å².